The molecule has 0 saturated carbocycles. The van der Waals surface area contributed by atoms with Gasteiger partial charge in [0.2, 0.25) is 0 Å². The van der Waals surface area contributed by atoms with Crippen molar-refractivity contribution in [3.05, 3.63) is 18.0 Å². The van der Waals surface area contributed by atoms with Gasteiger partial charge in [-0.25, -0.2) is 0 Å². The fraction of sp³-hybridized carbons (Fsp3) is 0.417. The van der Waals surface area contributed by atoms with Gasteiger partial charge in [-0.05, 0) is 13.8 Å². The van der Waals surface area contributed by atoms with Crippen LogP contribution in [0.15, 0.2) is 12.4 Å². The summed E-state index contributed by atoms with van der Waals surface area (Å²) in [5.41, 5.74) is 0.407. The maximum Gasteiger partial charge on any atom is 0.145 e. The van der Waals surface area contributed by atoms with Crippen LogP contribution >= 0.6 is 0 Å². The van der Waals surface area contributed by atoms with E-state index >= 15 is 0 Å². The van der Waals surface area contributed by atoms with Crippen LogP contribution in [0.2, 0.25) is 0 Å². The molecule has 0 bridgehead atoms. The normalized spacial score (nSPS) is 10.6. The summed E-state index contributed by atoms with van der Waals surface area (Å²) in [6, 6.07) is 0. The van der Waals surface area contributed by atoms with Crippen molar-refractivity contribution in [3.63, 3.8) is 0 Å². The van der Waals surface area contributed by atoms with Crippen molar-refractivity contribution in [1.29, 1.82) is 0 Å². The molecule has 0 unspecified atom stereocenters. The van der Waals surface area contributed by atoms with Crippen molar-refractivity contribution < 1.29 is 9.47 Å². The van der Waals surface area contributed by atoms with E-state index in [2.05, 4.69) is 10.9 Å². The lowest BCUT2D eigenvalue weighted by Crippen LogP contribution is -2.17. The molecule has 0 N–H and O–H groups in total. The van der Waals surface area contributed by atoms with Gasteiger partial charge in [0.05, 0.1) is 37.6 Å². The van der Waals surface area contributed by atoms with Crippen LogP contribution in [-0.2, 0) is 5.41 Å². The first-order valence-corrected chi connectivity index (χ1v) is 4.61. The van der Waals surface area contributed by atoms with Gasteiger partial charge in [0.15, 0.2) is 0 Å². The first-order chi connectivity index (χ1) is 7.06. The average molecular weight is 205 g/mol. The molecule has 0 radical (unpaired) electrons. The zero-order valence-electron chi connectivity index (χ0n) is 9.50. The standard InChI is InChI=1S/C12H15NO2/c1-6-12(2,3)11-9(14-4)7-13-8-10(11)15-5/h1,7-8H,2-5H3. The molecule has 0 spiro atoms. The minimum Gasteiger partial charge on any atom is -0.495 e. The third-order valence-electron chi connectivity index (χ3n) is 2.30. The quantitative estimate of drug-likeness (QED) is 0.707. The van der Waals surface area contributed by atoms with Gasteiger partial charge in [-0.15, -0.1) is 6.42 Å². The van der Waals surface area contributed by atoms with Crippen molar-refractivity contribution in [1.82, 2.24) is 4.98 Å². The molecule has 3 nitrogen and oxygen atoms in total. The topological polar surface area (TPSA) is 31.4 Å². The summed E-state index contributed by atoms with van der Waals surface area (Å²) < 4.78 is 10.5. The third-order valence-corrected chi connectivity index (χ3v) is 2.30. The number of aromatic nitrogens is 1. The van der Waals surface area contributed by atoms with Crippen LogP contribution < -0.4 is 9.47 Å². The minimum absolute atomic E-state index is 0.445. The number of pyridine rings is 1. The second kappa shape index (κ2) is 4.22. The van der Waals surface area contributed by atoms with E-state index in [0.29, 0.717) is 11.5 Å². The number of methoxy groups -OCH3 is 2. The number of terminal acetylenes is 1. The highest BCUT2D eigenvalue weighted by molar-refractivity contribution is 5.50. The predicted octanol–water partition coefficient (Wildman–Crippen LogP) is 2.01. The lowest BCUT2D eigenvalue weighted by atomic mass is 9.85. The predicted molar refractivity (Wildman–Crippen MR) is 59.2 cm³/mol. The Balaban J connectivity index is 3.43. The molecule has 0 saturated heterocycles. The van der Waals surface area contributed by atoms with E-state index in [0.717, 1.165) is 5.56 Å². The Kier molecular flexibility index (Phi) is 3.21. The van der Waals surface area contributed by atoms with Crippen LogP contribution in [0.25, 0.3) is 0 Å². The van der Waals surface area contributed by atoms with Gasteiger partial charge in [0, 0.05) is 0 Å². The van der Waals surface area contributed by atoms with Crippen LogP contribution in [0, 0.1) is 12.3 Å². The van der Waals surface area contributed by atoms with Gasteiger partial charge in [-0.2, -0.15) is 0 Å². The zero-order valence-corrected chi connectivity index (χ0v) is 9.50. The molecular weight excluding hydrogens is 190 g/mol. The highest BCUT2D eigenvalue weighted by atomic mass is 16.5. The zero-order chi connectivity index (χ0) is 11.5. The molecule has 15 heavy (non-hydrogen) atoms. The molecule has 0 fully saturated rings. The highest BCUT2D eigenvalue weighted by Gasteiger charge is 2.26. The van der Waals surface area contributed by atoms with Crippen LogP contribution in [-0.4, -0.2) is 19.2 Å². The molecule has 0 aromatic carbocycles. The van der Waals surface area contributed by atoms with Crippen LogP contribution in [0.5, 0.6) is 11.5 Å². The van der Waals surface area contributed by atoms with Crippen LogP contribution in [0.4, 0.5) is 0 Å². The molecule has 0 amide bonds. The summed E-state index contributed by atoms with van der Waals surface area (Å²) in [6.45, 7) is 3.88. The Morgan fingerprint density at radius 1 is 1.20 bits per heavy atom. The largest absolute Gasteiger partial charge is 0.495 e. The SMILES string of the molecule is C#CC(C)(C)c1c(OC)cncc1OC. The second-order valence-corrected chi connectivity index (χ2v) is 3.69. The molecule has 1 heterocycles. The van der Waals surface area contributed by atoms with E-state index in [4.69, 9.17) is 15.9 Å². The summed E-state index contributed by atoms with van der Waals surface area (Å²) in [4.78, 5) is 4.02. The molecule has 1 aromatic heterocycles. The van der Waals surface area contributed by atoms with Crippen molar-refractivity contribution in [2.24, 2.45) is 0 Å². The third kappa shape index (κ3) is 2.04. The molecular formula is C12H15NO2. The summed E-state index contributed by atoms with van der Waals surface area (Å²) in [7, 11) is 3.18. The second-order valence-electron chi connectivity index (χ2n) is 3.69. The Labute approximate surface area is 90.4 Å². The Hall–Kier alpha value is -1.69. The van der Waals surface area contributed by atoms with Crippen molar-refractivity contribution in [3.8, 4) is 23.8 Å². The Bertz CT molecular complexity index is 369. The molecule has 0 atom stereocenters. The maximum atomic E-state index is 5.50. The molecule has 1 rings (SSSR count). The monoisotopic (exact) mass is 205 g/mol. The van der Waals surface area contributed by atoms with E-state index < -0.39 is 5.41 Å². The van der Waals surface area contributed by atoms with Crippen molar-refractivity contribution >= 4 is 0 Å². The number of hydrogen-bond acceptors (Lipinski definition) is 3. The van der Waals surface area contributed by atoms with Crippen LogP contribution in [0.1, 0.15) is 19.4 Å². The lowest BCUT2D eigenvalue weighted by molar-refractivity contribution is 0.372. The smallest absolute Gasteiger partial charge is 0.145 e. The minimum atomic E-state index is -0.445. The number of hydrogen-bond donors (Lipinski definition) is 0. The summed E-state index contributed by atoms with van der Waals surface area (Å²) in [6.07, 6.45) is 8.78. The van der Waals surface area contributed by atoms with Crippen LogP contribution in [0.3, 0.4) is 0 Å². The van der Waals surface area contributed by atoms with E-state index in [-0.39, 0.29) is 0 Å². The molecule has 80 valence electrons. The molecule has 3 heteroatoms. The Morgan fingerprint density at radius 3 is 2.00 bits per heavy atom. The van der Waals surface area contributed by atoms with E-state index in [1.54, 1.807) is 26.6 Å². The fourth-order valence-electron chi connectivity index (χ4n) is 1.42. The van der Waals surface area contributed by atoms with Gasteiger partial charge in [-0.3, -0.25) is 4.98 Å². The van der Waals surface area contributed by atoms with Gasteiger partial charge in [0.25, 0.3) is 0 Å². The average Bonchev–Trinajstić information content (AvgIpc) is 2.27. The molecule has 0 aliphatic carbocycles. The molecule has 1 aromatic rings. The lowest BCUT2D eigenvalue weighted by Gasteiger charge is -2.22. The van der Waals surface area contributed by atoms with E-state index in [1.807, 2.05) is 13.8 Å². The first-order valence-electron chi connectivity index (χ1n) is 4.61. The van der Waals surface area contributed by atoms with Crippen molar-refractivity contribution in [2.45, 2.75) is 19.3 Å². The van der Waals surface area contributed by atoms with E-state index in [9.17, 15) is 0 Å². The summed E-state index contributed by atoms with van der Waals surface area (Å²) >= 11 is 0. The van der Waals surface area contributed by atoms with Gasteiger partial charge < -0.3 is 9.47 Å². The number of rotatable bonds is 3. The Morgan fingerprint density at radius 2 is 1.67 bits per heavy atom. The fourth-order valence-corrected chi connectivity index (χ4v) is 1.42. The van der Waals surface area contributed by atoms with E-state index in [1.165, 1.54) is 0 Å². The first kappa shape index (κ1) is 11.4. The van der Waals surface area contributed by atoms with Crippen molar-refractivity contribution in [2.75, 3.05) is 14.2 Å². The summed E-state index contributed by atoms with van der Waals surface area (Å²) in [5.74, 6) is 4.02. The highest BCUT2D eigenvalue weighted by Crippen LogP contribution is 2.37. The molecule has 0 aliphatic heterocycles. The van der Waals surface area contributed by atoms with Gasteiger partial charge >= 0.3 is 0 Å². The number of nitrogens with zero attached hydrogens (tertiary/aromatic N) is 1. The molecule has 0 aliphatic rings. The van der Waals surface area contributed by atoms with Gasteiger partial charge in [-0.1, -0.05) is 5.92 Å². The maximum absolute atomic E-state index is 5.50. The van der Waals surface area contributed by atoms with Gasteiger partial charge in [0.1, 0.15) is 11.5 Å². The number of ether oxygens (including phenoxy) is 2. The summed E-state index contributed by atoms with van der Waals surface area (Å²) in [5, 5.41) is 0.